The number of nitro benzene ring substituents is 1. The maximum absolute atomic E-state index is 11.2. The molecule has 1 N–H and O–H groups in total. The Kier molecular flexibility index (Phi) is 4.81. The van der Waals surface area contributed by atoms with Gasteiger partial charge in [-0.15, -0.1) is 11.3 Å². The fraction of sp³-hybridized carbons (Fsp3) is 0.231. The zero-order chi connectivity index (χ0) is 14.5. The van der Waals surface area contributed by atoms with Crippen LogP contribution >= 0.6 is 22.9 Å². The minimum absolute atomic E-state index is 0.0444. The van der Waals surface area contributed by atoms with E-state index >= 15 is 0 Å². The predicted molar refractivity (Wildman–Crippen MR) is 80.9 cm³/mol. The number of rotatable bonds is 6. The first-order valence-corrected chi connectivity index (χ1v) is 7.19. The Hall–Kier alpha value is -1.79. The number of ether oxygens (including phenoxy) is 1. The first-order chi connectivity index (χ1) is 9.61. The molecule has 5 nitrogen and oxygen atoms in total. The highest BCUT2D eigenvalue weighted by molar-refractivity contribution is 7.16. The summed E-state index contributed by atoms with van der Waals surface area (Å²) in [5.41, 5.74) is 0.391. The SMILES string of the molecule is CCOc1cccc(NCc2ccc(Cl)s2)c1[N+](=O)[O-]. The fourth-order valence-electron chi connectivity index (χ4n) is 1.75. The summed E-state index contributed by atoms with van der Waals surface area (Å²) in [4.78, 5) is 11.8. The lowest BCUT2D eigenvalue weighted by atomic mass is 10.2. The molecule has 0 aliphatic carbocycles. The zero-order valence-corrected chi connectivity index (χ0v) is 12.3. The van der Waals surface area contributed by atoms with Crippen molar-refractivity contribution in [1.29, 1.82) is 0 Å². The molecule has 0 saturated heterocycles. The van der Waals surface area contributed by atoms with Gasteiger partial charge in [0.25, 0.3) is 0 Å². The Morgan fingerprint density at radius 1 is 1.40 bits per heavy atom. The second-order valence-corrected chi connectivity index (χ2v) is 5.70. The van der Waals surface area contributed by atoms with E-state index in [0.717, 1.165) is 4.88 Å². The normalized spacial score (nSPS) is 10.3. The Bertz CT molecular complexity index is 615. The number of nitro groups is 1. The van der Waals surface area contributed by atoms with Crippen molar-refractivity contribution >= 4 is 34.3 Å². The number of benzene rings is 1. The van der Waals surface area contributed by atoms with Crippen molar-refractivity contribution in [2.24, 2.45) is 0 Å². The van der Waals surface area contributed by atoms with Gasteiger partial charge in [0.2, 0.25) is 0 Å². The highest BCUT2D eigenvalue weighted by Gasteiger charge is 2.20. The summed E-state index contributed by atoms with van der Waals surface area (Å²) >= 11 is 7.29. The molecular formula is C13H13ClN2O3S. The van der Waals surface area contributed by atoms with Crippen molar-refractivity contribution in [3.05, 3.63) is 49.7 Å². The Labute approximate surface area is 125 Å². The quantitative estimate of drug-likeness (QED) is 0.637. The molecule has 1 aromatic carbocycles. The van der Waals surface area contributed by atoms with Crippen molar-refractivity contribution in [2.45, 2.75) is 13.5 Å². The van der Waals surface area contributed by atoms with Crippen LogP contribution in [0.3, 0.4) is 0 Å². The van der Waals surface area contributed by atoms with E-state index in [0.29, 0.717) is 23.2 Å². The molecule has 1 heterocycles. The van der Waals surface area contributed by atoms with Crippen molar-refractivity contribution in [2.75, 3.05) is 11.9 Å². The maximum atomic E-state index is 11.2. The molecule has 0 atom stereocenters. The lowest BCUT2D eigenvalue weighted by Crippen LogP contribution is -2.04. The van der Waals surface area contributed by atoms with Gasteiger partial charge in [0.1, 0.15) is 5.69 Å². The third kappa shape index (κ3) is 3.40. The predicted octanol–water partition coefficient (Wildman–Crippen LogP) is 4.32. The van der Waals surface area contributed by atoms with Crippen LogP contribution in [0.1, 0.15) is 11.8 Å². The van der Waals surface area contributed by atoms with Crippen LogP contribution in [0.2, 0.25) is 4.34 Å². The molecule has 0 fully saturated rings. The molecule has 0 radical (unpaired) electrons. The number of hydrogen-bond acceptors (Lipinski definition) is 5. The molecule has 1 aromatic heterocycles. The van der Waals surface area contributed by atoms with E-state index in [9.17, 15) is 10.1 Å². The van der Waals surface area contributed by atoms with Crippen LogP contribution in [0.5, 0.6) is 5.75 Å². The van der Waals surface area contributed by atoms with E-state index in [1.165, 1.54) is 11.3 Å². The third-order valence-corrected chi connectivity index (χ3v) is 3.79. The van der Waals surface area contributed by atoms with Gasteiger partial charge in [-0.2, -0.15) is 0 Å². The molecule has 106 valence electrons. The van der Waals surface area contributed by atoms with E-state index in [-0.39, 0.29) is 11.4 Å². The number of para-hydroxylation sites is 1. The summed E-state index contributed by atoms with van der Waals surface area (Å²) in [5, 5.41) is 14.3. The van der Waals surface area contributed by atoms with Crippen LogP contribution < -0.4 is 10.1 Å². The molecule has 2 rings (SSSR count). The highest BCUT2D eigenvalue weighted by Crippen LogP contribution is 2.35. The summed E-state index contributed by atoms with van der Waals surface area (Å²) in [5.74, 6) is 0.270. The van der Waals surface area contributed by atoms with Gasteiger partial charge >= 0.3 is 5.69 Å². The van der Waals surface area contributed by atoms with Gasteiger partial charge in [-0.3, -0.25) is 10.1 Å². The second kappa shape index (κ2) is 6.58. The fourth-order valence-corrected chi connectivity index (χ4v) is 2.78. The molecule has 7 heteroatoms. The smallest absolute Gasteiger partial charge is 0.333 e. The van der Waals surface area contributed by atoms with Crippen LogP contribution in [-0.2, 0) is 6.54 Å². The minimum atomic E-state index is -0.436. The van der Waals surface area contributed by atoms with E-state index < -0.39 is 4.92 Å². The molecule has 0 spiro atoms. The lowest BCUT2D eigenvalue weighted by molar-refractivity contribution is -0.384. The van der Waals surface area contributed by atoms with Gasteiger partial charge in [-0.05, 0) is 31.2 Å². The number of halogens is 1. The first-order valence-electron chi connectivity index (χ1n) is 6.00. The van der Waals surface area contributed by atoms with E-state index in [2.05, 4.69) is 5.32 Å². The topological polar surface area (TPSA) is 64.4 Å². The molecule has 0 amide bonds. The second-order valence-electron chi connectivity index (χ2n) is 3.90. The molecule has 0 unspecified atom stereocenters. The van der Waals surface area contributed by atoms with E-state index in [1.54, 1.807) is 31.2 Å². The molecule has 0 saturated carbocycles. The third-order valence-electron chi connectivity index (χ3n) is 2.56. The average molecular weight is 313 g/mol. The summed E-state index contributed by atoms with van der Waals surface area (Å²) < 4.78 is 5.99. The molecule has 2 aromatic rings. The molecule has 0 bridgehead atoms. The van der Waals surface area contributed by atoms with Crippen molar-refractivity contribution in [1.82, 2.24) is 0 Å². The van der Waals surface area contributed by atoms with E-state index in [1.807, 2.05) is 6.07 Å². The van der Waals surface area contributed by atoms with E-state index in [4.69, 9.17) is 16.3 Å². The molecular weight excluding hydrogens is 300 g/mol. The van der Waals surface area contributed by atoms with Crippen molar-refractivity contribution < 1.29 is 9.66 Å². The van der Waals surface area contributed by atoms with Crippen LogP contribution in [0.15, 0.2) is 30.3 Å². The molecule has 0 aliphatic rings. The number of nitrogens with one attached hydrogen (secondary N) is 1. The number of anilines is 1. The van der Waals surface area contributed by atoms with Crippen molar-refractivity contribution in [3.8, 4) is 5.75 Å². The maximum Gasteiger partial charge on any atom is 0.333 e. The van der Waals surface area contributed by atoms with Crippen LogP contribution in [-0.4, -0.2) is 11.5 Å². The number of hydrogen-bond donors (Lipinski definition) is 1. The standard InChI is InChI=1S/C13H13ClN2O3S/c1-2-19-11-5-3-4-10(13(11)16(17)18)15-8-9-6-7-12(14)20-9/h3-7,15H,2,8H2,1H3. The highest BCUT2D eigenvalue weighted by atomic mass is 35.5. The van der Waals surface area contributed by atoms with Crippen LogP contribution in [0, 0.1) is 10.1 Å². The van der Waals surface area contributed by atoms with Gasteiger partial charge in [0.05, 0.1) is 15.9 Å². The number of nitrogens with zero attached hydrogens (tertiary/aromatic N) is 1. The summed E-state index contributed by atoms with van der Waals surface area (Å²) in [6, 6.07) is 8.67. The van der Waals surface area contributed by atoms with Gasteiger partial charge in [-0.1, -0.05) is 17.7 Å². The zero-order valence-electron chi connectivity index (χ0n) is 10.8. The Balaban J connectivity index is 2.22. The van der Waals surface area contributed by atoms with Crippen LogP contribution in [0.4, 0.5) is 11.4 Å². The van der Waals surface area contributed by atoms with Gasteiger partial charge in [0, 0.05) is 11.4 Å². The van der Waals surface area contributed by atoms with Gasteiger partial charge in [0.15, 0.2) is 5.75 Å². The summed E-state index contributed by atoms with van der Waals surface area (Å²) in [6.45, 7) is 2.65. The van der Waals surface area contributed by atoms with Crippen LogP contribution in [0.25, 0.3) is 0 Å². The molecule has 20 heavy (non-hydrogen) atoms. The lowest BCUT2D eigenvalue weighted by Gasteiger charge is -2.09. The van der Waals surface area contributed by atoms with Gasteiger partial charge in [-0.25, -0.2) is 0 Å². The van der Waals surface area contributed by atoms with Crippen molar-refractivity contribution in [3.63, 3.8) is 0 Å². The molecule has 0 aliphatic heterocycles. The number of thiophene rings is 1. The summed E-state index contributed by atoms with van der Waals surface area (Å²) in [6.07, 6.45) is 0. The summed E-state index contributed by atoms with van der Waals surface area (Å²) in [7, 11) is 0. The Morgan fingerprint density at radius 3 is 2.80 bits per heavy atom. The van der Waals surface area contributed by atoms with Gasteiger partial charge < -0.3 is 10.1 Å². The first kappa shape index (κ1) is 14.6. The monoisotopic (exact) mass is 312 g/mol. The minimum Gasteiger partial charge on any atom is -0.487 e. The largest absolute Gasteiger partial charge is 0.487 e. The average Bonchev–Trinajstić information content (AvgIpc) is 2.82. The Morgan fingerprint density at radius 2 is 2.20 bits per heavy atom.